The van der Waals surface area contributed by atoms with Gasteiger partial charge in [0.1, 0.15) is 5.56 Å². The Bertz CT molecular complexity index is 988. The molecule has 0 spiro atoms. The van der Waals surface area contributed by atoms with Crippen molar-refractivity contribution in [2.75, 3.05) is 7.11 Å². The zero-order valence-electron chi connectivity index (χ0n) is 15.2. The van der Waals surface area contributed by atoms with Crippen LogP contribution < -0.4 is 9.47 Å². The van der Waals surface area contributed by atoms with Crippen molar-refractivity contribution in [2.45, 2.75) is 19.9 Å². The van der Waals surface area contributed by atoms with Crippen molar-refractivity contribution in [2.24, 2.45) is 0 Å². The van der Waals surface area contributed by atoms with E-state index in [1.807, 2.05) is 48.0 Å². The molecule has 0 unspecified atom stereocenters. The first-order chi connectivity index (χ1) is 13.2. The normalized spacial score (nSPS) is 10.3. The molecule has 0 saturated carbocycles. The van der Waals surface area contributed by atoms with Crippen LogP contribution >= 0.6 is 0 Å². The molecule has 0 aliphatic rings. The summed E-state index contributed by atoms with van der Waals surface area (Å²) in [6.07, 6.45) is 2.17. The van der Waals surface area contributed by atoms with Crippen molar-refractivity contribution >= 4 is 5.97 Å². The van der Waals surface area contributed by atoms with Gasteiger partial charge in [-0.25, -0.2) is 4.79 Å². The molecular formula is C21H19N3O3. The van der Waals surface area contributed by atoms with Crippen LogP contribution in [0.2, 0.25) is 0 Å². The van der Waals surface area contributed by atoms with Gasteiger partial charge in [0.05, 0.1) is 37.2 Å². The summed E-state index contributed by atoms with van der Waals surface area (Å²) in [4.78, 5) is 12.7. The van der Waals surface area contributed by atoms with Crippen LogP contribution in [0.1, 0.15) is 34.1 Å². The zero-order chi connectivity index (χ0) is 19.2. The van der Waals surface area contributed by atoms with Gasteiger partial charge in [-0.3, -0.25) is 4.68 Å². The molecule has 0 N–H and O–H groups in total. The number of nitrogens with zero attached hydrogens (tertiary/aromatic N) is 3. The van der Waals surface area contributed by atoms with Crippen molar-refractivity contribution in [1.82, 2.24) is 9.78 Å². The molecule has 1 heterocycles. The first kappa shape index (κ1) is 18.2. The van der Waals surface area contributed by atoms with E-state index >= 15 is 0 Å². The molecule has 6 nitrogen and oxygen atoms in total. The smallest absolute Gasteiger partial charge is 0.347 e. The van der Waals surface area contributed by atoms with Crippen molar-refractivity contribution in [3.8, 4) is 17.6 Å². The first-order valence-electron chi connectivity index (χ1n) is 8.55. The number of methoxy groups -OCH3 is 1. The van der Waals surface area contributed by atoms with E-state index in [2.05, 4.69) is 5.10 Å². The molecule has 0 saturated heterocycles. The fraction of sp³-hybridized carbons (Fsp3) is 0.190. The van der Waals surface area contributed by atoms with Gasteiger partial charge >= 0.3 is 5.97 Å². The van der Waals surface area contributed by atoms with Crippen LogP contribution in [0.5, 0.6) is 11.5 Å². The van der Waals surface area contributed by atoms with E-state index in [1.54, 1.807) is 12.1 Å². The van der Waals surface area contributed by atoms with Gasteiger partial charge in [0.2, 0.25) is 0 Å². The second kappa shape index (κ2) is 8.19. The maximum absolute atomic E-state index is 12.7. The highest BCUT2D eigenvalue weighted by Gasteiger charge is 2.20. The monoisotopic (exact) mass is 361 g/mol. The number of esters is 1. The molecule has 0 atom stereocenters. The summed E-state index contributed by atoms with van der Waals surface area (Å²) >= 11 is 0. The minimum absolute atomic E-state index is 0.263. The maximum atomic E-state index is 12.7. The summed E-state index contributed by atoms with van der Waals surface area (Å²) in [5, 5.41) is 13.3. The first-order valence-corrected chi connectivity index (χ1v) is 8.55. The molecule has 6 heteroatoms. The number of rotatable bonds is 6. The van der Waals surface area contributed by atoms with Gasteiger partial charge in [-0.2, -0.15) is 10.4 Å². The fourth-order valence-electron chi connectivity index (χ4n) is 2.82. The number of ether oxygens (including phenoxy) is 2. The fourth-order valence-corrected chi connectivity index (χ4v) is 2.82. The molecule has 0 amide bonds. The molecule has 3 aromatic rings. The van der Waals surface area contributed by atoms with Gasteiger partial charge in [0, 0.05) is 6.07 Å². The maximum Gasteiger partial charge on any atom is 0.347 e. The molecule has 0 aliphatic carbocycles. The third kappa shape index (κ3) is 3.98. The van der Waals surface area contributed by atoms with E-state index in [0.29, 0.717) is 29.8 Å². The lowest BCUT2D eigenvalue weighted by molar-refractivity contribution is 0.0728. The number of carbonyl (C=O) groups excluding carboxylic acids is 1. The van der Waals surface area contributed by atoms with E-state index in [1.165, 1.54) is 19.4 Å². The van der Waals surface area contributed by atoms with Crippen LogP contribution in [0.25, 0.3) is 0 Å². The standard InChI is InChI=1S/C21H19N3O3/c1-3-18-17(13-23-24(18)14-15-7-5-4-6-8-15)21(25)27-19-10-9-16(12-22)11-20(19)26-2/h4-11,13H,3,14H2,1-2H3. The van der Waals surface area contributed by atoms with Crippen molar-refractivity contribution in [3.63, 3.8) is 0 Å². The van der Waals surface area contributed by atoms with Crippen LogP contribution in [0.3, 0.4) is 0 Å². The second-order valence-electron chi connectivity index (χ2n) is 5.87. The number of nitriles is 1. The minimum Gasteiger partial charge on any atom is -0.493 e. The molecule has 2 aromatic carbocycles. The highest BCUT2D eigenvalue weighted by atomic mass is 16.6. The van der Waals surface area contributed by atoms with E-state index in [0.717, 1.165) is 11.3 Å². The Kier molecular flexibility index (Phi) is 5.53. The Balaban J connectivity index is 1.84. The predicted molar refractivity (Wildman–Crippen MR) is 99.8 cm³/mol. The van der Waals surface area contributed by atoms with E-state index in [4.69, 9.17) is 14.7 Å². The summed E-state index contributed by atoms with van der Waals surface area (Å²) in [6, 6.07) is 16.6. The third-order valence-corrected chi connectivity index (χ3v) is 4.17. The molecule has 1 aromatic heterocycles. The largest absolute Gasteiger partial charge is 0.493 e. The number of hydrogen-bond acceptors (Lipinski definition) is 5. The quantitative estimate of drug-likeness (QED) is 0.495. The molecular weight excluding hydrogens is 342 g/mol. The second-order valence-corrected chi connectivity index (χ2v) is 5.87. The molecule has 136 valence electrons. The zero-order valence-corrected chi connectivity index (χ0v) is 15.2. The van der Waals surface area contributed by atoms with Crippen molar-refractivity contribution in [1.29, 1.82) is 5.26 Å². The summed E-state index contributed by atoms with van der Waals surface area (Å²) in [5.41, 5.74) is 2.75. The van der Waals surface area contributed by atoms with Gasteiger partial charge in [-0.1, -0.05) is 37.3 Å². The van der Waals surface area contributed by atoms with Gasteiger partial charge in [0.15, 0.2) is 11.5 Å². The van der Waals surface area contributed by atoms with Gasteiger partial charge < -0.3 is 9.47 Å². The molecule has 0 fully saturated rings. The summed E-state index contributed by atoms with van der Waals surface area (Å²) in [7, 11) is 1.46. The highest BCUT2D eigenvalue weighted by molar-refractivity contribution is 5.92. The van der Waals surface area contributed by atoms with Crippen molar-refractivity contribution < 1.29 is 14.3 Å². The van der Waals surface area contributed by atoms with E-state index in [9.17, 15) is 4.79 Å². The molecule has 0 aliphatic heterocycles. The predicted octanol–water partition coefficient (Wildman–Crippen LogP) is 3.59. The molecule has 0 bridgehead atoms. The van der Waals surface area contributed by atoms with Gasteiger partial charge in [-0.15, -0.1) is 0 Å². The molecule has 0 radical (unpaired) electrons. The van der Waals surface area contributed by atoms with Gasteiger partial charge in [0.25, 0.3) is 0 Å². The Morgan fingerprint density at radius 1 is 1.19 bits per heavy atom. The van der Waals surface area contributed by atoms with Crippen LogP contribution in [-0.4, -0.2) is 22.9 Å². The van der Waals surface area contributed by atoms with Crippen LogP contribution in [-0.2, 0) is 13.0 Å². The van der Waals surface area contributed by atoms with Gasteiger partial charge in [-0.05, 0) is 24.1 Å². The Morgan fingerprint density at radius 2 is 1.96 bits per heavy atom. The Morgan fingerprint density at radius 3 is 2.63 bits per heavy atom. The average Bonchev–Trinajstić information content (AvgIpc) is 3.11. The topological polar surface area (TPSA) is 77.1 Å². The van der Waals surface area contributed by atoms with Crippen LogP contribution in [0.4, 0.5) is 0 Å². The minimum atomic E-state index is -0.505. The number of aromatic nitrogens is 2. The van der Waals surface area contributed by atoms with E-state index < -0.39 is 5.97 Å². The lowest BCUT2D eigenvalue weighted by Crippen LogP contribution is -2.13. The SMILES string of the molecule is CCc1c(C(=O)Oc2ccc(C#N)cc2OC)cnn1Cc1ccccc1. The Labute approximate surface area is 157 Å². The van der Waals surface area contributed by atoms with Crippen LogP contribution in [0.15, 0.2) is 54.7 Å². The lowest BCUT2D eigenvalue weighted by Gasteiger charge is -2.10. The number of carbonyl (C=O) groups is 1. The van der Waals surface area contributed by atoms with E-state index in [-0.39, 0.29) is 5.75 Å². The summed E-state index contributed by atoms with van der Waals surface area (Å²) < 4.78 is 12.5. The average molecular weight is 361 g/mol. The van der Waals surface area contributed by atoms with Crippen molar-refractivity contribution in [3.05, 3.63) is 77.1 Å². The lowest BCUT2D eigenvalue weighted by atomic mass is 10.2. The highest BCUT2D eigenvalue weighted by Crippen LogP contribution is 2.29. The summed E-state index contributed by atoms with van der Waals surface area (Å²) in [5.74, 6) is 0.0886. The molecule has 27 heavy (non-hydrogen) atoms. The summed E-state index contributed by atoms with van der Waals surface area (Å²) in [6.45, 7) is 2.55. The Hall–Kier alpha value is -3.59. The number of benzene rings is 2. The molecule has 3 rings (SSSR count). The van der Waals surface area contributed by atoms with Crippen LogP contribution in [0, 0.1) is 11.3 Å². The third-order valence-electron chi connectivity index (χ3n) is 4.17. The number of hydrogen-bond donors (Lipinski definition) is 0.